The topological polar surface area (TPSA) is 105 Å². The van der Waals surface area contributed by atoms with Gasteiger partial charge in [-0.1, -0.05) is 23.2 Å². The number of carboxylic acid groups (broad SMARTS) is 1. The van der Waals surface area contributed by atoms with Gasteiger partial charge in [0.2, 0.25) is 0 Å². The number of carbonyl (C=O) groups is 3. The SMILES string of the molecule is COc1cc(/C=C2/NC(=O)N(c3ccc(Cl)cc3)C2=O)cc(Cl)c1OCC(=O)O. The number of ether oxygens (including phenoxy) is 2. The molecule has 2 aromatic carbocycles. The number of nitrogens with zero attached hydrogens (tertiary/aromatic N) is 1. The third-order valence-corrected chi connectivity index (χ3v) is 4.40. The van der Waals surface area contributed by atoms with E-state index in [9.17, 15) is 14.4 Å². The van der Waals surface area contributed by atoms with E-state index in [4.69, 9.17) is 37.8 Å². The Morgan fingerprint density at radius 2 is 1.90 bits per heavy atom. The van der Waals surface area contributed by atoms with Gasteiger partial charge in [-0.2, -0.15) is 0 Å². The summed E-state index contributed by atoms with van der Waals surface area (Å²) < 4.78 is 10.3. The maximum atomic E-state index is 12.7. The van der Waals surface area contributed by atoms with E-state index in [2.05, 4.69) is 5.32 Å². The molecule has 0 bridgehead atoms. The van der Waals surface area contributed by atoms with Crippen molar-refractivity contribution in [3.05, 3.63) is 57.7 Å². The molecule has 1 aliphatic heterocycles. The first-order valence-corrected chi connectivity index (χ1v) is 8.90. The molecule has 1 heterocycles. The number of rotatable bonds is 6. The Hall–Kier alpha value is -3.23. The molecule has 0 spiro atoms. The van der Waals surface area contributed by atoms with Crippen LogP contribution in [0.4, 0.5) is 10.5 Å². The highest BCUT2D eigenvalue weighted by Crippen LogP contribution is 2.37. The number of imide groups is 1. The summed E-state index contributed by atoms with van der Waals surface area (Å²) in [6.07, 6.45) is 1.42. The maximum Gasteiger partial charge on any atom is 0.341 e. The zero-order valence-electron chi connectivity index (χ0n) is 14.9. The van der Waals surface area contributed by atoms with Gasteiger partial charge >= 0.3 is 12.0 Å². The third kappa shape index (κ3) is 4.44. The lowest BCUT2D eigenvalue weighted by Crippen LogP contribution is -2.30. The lowest BCUT2D eigenvalue weighted by atomic mass is 10.1. The summed E-state index contributed by atoms with van der Waals surface area (Å²) in [7, 11) is 1.36. The van der Waals surface area contributed by atoms with E-state index in [1.807, 2.05) is 0 Å². The molecule has 10 heteroatoms. The lowest BCUT2D eigenvalue weighted by molar-refractivity contribution is -0.139. The van der Waals surface area contributed by atoms with E-state index in [0.717, 1.165) is 4.90 Å². The molecule has 0 aliphatic carbocycles. The second-order valence-corrected chi connectivity index (χ2v) is 6.67. The molecular formula is C19H14Cl2N2O6. The number of amides is 3. The highest BCUT2D eigenvalue weighted by atomic mass is 35.5. The van der Waals surface area contributed by atoms with Crippen molar-refractivity contribution in [1.29, 1.82) is 0 Å². The van der Waals surface area contributed by atoms with Crippen molar-refractivity contribution in [2.75, 3.05) is 18.6 Å². The molecule has 2 aromatic rings. The quantitative estimate of drug-likeness (QED) is 0.529. The van der Waals surface area contributed by atoms with Gasteiger partial charge in [-0.05, 0) is 48.0 Å². The lowest BCUT2D eigenvalue weighted by Gasteiger charge is -2.12. The van der Waals surface area contributed by atoms with Crippen LogP contribution in [0.3, 0.4) is 0 Å². The number of hydrogen-bond acceptors (Lipinski definition) is 5. The summed E-state index contributed by atoms with van der Waals surface area (Å²) >= 11 is 12.0. The summed E-state index contributed by atoms with van der Waals surface area (Å²) in [5, 5.41) is 11.8. The molecule has 8 nitrogen and oxygen atoms in total. The molecule has 0 saturated carbocycles. The third-order valence-electron chi connectivity index (χ3n) is 3.87. The van der Waals surface area contributed by atoms with Crippen LogP contribution in [0.15, 0.2) is 42.1 Å². The number of anilines is 1. The predicted octanol–water partition coefficient (Wildman–Crippen LogP) is 3.56. The first-order valence-electron chi connectivity index (χ1n) is 8.15. The number of aliphatic carboxylic acids is 1. The number of methoxy groups -OCH3 is 1. The molecule has 0 unspecified atom stereocenters. The van der Waals surface area contributed by atoms with E-state index in [1.165, 1.54) is 25.3 Å². The fraction of sp³-hybridized carbons (Fsp3) is 0.105. The zero-order valence-corrected chi connectivity index (χ0v) is 16.5. The molecule has 3 amide bonds. The van der Waals surface area contributed by atoms with Crippen LogP contribution in [0.25, 0.3) is 6.08 Å². The van der Waals surface area contributed by atoms with Gasteiger partial charge in [-0.25, -0.2) is 14.5 Å². The number of benzene rings is 2. The first-order chi connectivity index (χ1) is 13.8. The second-order valence-electron chi connectivity index (χ2n) is 5.82. The molecular weight excluding hydrogens is 423 g/mol. The Morgan fingerprint density at radius 3 is 2.52 bits per heavy atom. The maximum absolute atomic E-state index is 12.7. The van der Waals surface area contributed by atoms with Gasteiger partial charge in [0.1, 0.15) is 5.70 Å². The Kier molecular flexibility index (Phi) is 5.95. The van der Waals surface area contributed by atoms with Crippen molar-refractivity contribution in [2.24, 2.45) is 0 Å². The number of carboxylic acids is 1. The van der Waals surface area contributed by atoms with Crippen LogP contribution in [-0.2, 0) is 9.59 Å². The molecule has 0 radical (unpaired) electrons. The van der Waals surface area contributed by atoms with Gasteiger partial charge in [-0.15, -0.1) is 0 Å². The standard InChI is InChI=1S/C19H14Cl2N2O6/c1-28-15-8-10(6-13(21)17(15)29-9-16(24)25)7-14-18(26)23(19(27)22-14)12-4-2-11(20)3-5-12/h2-8H,9H2,1H3,(H,22,27)(H,24,25)/b14-7+. The van der Waals surface area contributed by atoms with Crippen molar-refractivity contribution < 1.29 is 29.0 Å². The van der Waals surface area contributed by atoms with Crippen molar-refractivity contribution in [3.63, 3.8) is 0 Å². The minimum absolute atomic E-state index is 0.0299. The minimum atomic E-state index is -1.17. The van der Waals surface area contributed by atoms with Crippen molar-refractivity contribution in [2.45, 2.75) is 0 Å². The van der Waals surface area contributed by atoms with Crippen LogP contribution in [0, 0.1) is 0 Å². The van der Waals surface area contributed by atoms with E-state index in [0.29, 0.717) is 16.3 Å². The van der Waals surface area contributed by atoms with Gasteiger partial charge in [0.25, 0.3) is 5.91 Å². The molecule has 1 fully saturated rings. The molecule has 29 heavy (non-hydrogen) atoms. The van der Waals surface area contributed by atoms with E-state index in [1.54, 1.807) is 24.3 Å². The number of hydrogen-bond donors (Lipinski definition) is 2. The molecule has 0 aromatic heterocycles. The first kappa shape index (κ1) is 20.5. The van der Waals surface area contributed by atoms with Crippen LogP contribution in [0.2, 0.25) is 10.0 Å². The summed E-state index contributed by atoms with van der Waals surface area (Å²) in [6.45, 7) is -0.596. The number of nitrogens with one attached hydrogen (secondary N) is 1. The molecule has 2 N–H and O–H groups in total. The zero-order chi connectivity index (χ0) is 21.1. The van der Waals surface area contributed by atoms with Gasteiger partial charge in [0.15, 0.2) is 18.1 Å². The van der Waals surface area contributed by atoms with Crippen LogP contribution in [-0.4, -0.2) is 36.7 Å². The molecule has 1 saturated heterocycles. The Morgan fingerprint density at radius 1 is 1.21 bits per heavy atom. The number of halogens is 2. The van der Waals surface area contributed by atoms with Gasteiger partial charge in [-0.3, -0.25) is 4.79 Å². The van der Waals surface area contributed by atoms with Crippen LogP contribution < -0.4 is 19.7 Å². The van der Waals surface area contributed by atoms with E-state index < -0.39 is 24.5 Å². The fourth-order valence-corrected chi connectivity index (χ4v) is 3.02. The highest BCUT2D eigenvalue weighted by molar-refractivity contribution is 6.33. The summed E-state index contributed by atoms with van der Waals surface area (Å²) in [4.78, 5) is 36.6. The minimum Gasteiger partial charge on any atom is -0.493 e. The normalized spacial score (nSPS) is 14.9. The van der Waals surface area contributed by atoms with Crippen molar-refractivity contribution in [1.82, 2.24) is 5.32 Å². The largest absolute Gasteiger partial charge is 0.493 e. The van der Waals surface area contributed by atoms with Crippen LogP contribution in [0.1, 0.15) is 5.56 Å². The smallest absolute Gasteiger partial charge is 0.341 e. The predicted molar refractivity (Wildman–Crippen MR) is 107 cm³/mol. The number of urea groups is 1. The average Bonchev–Trinajstić information content (AvgIpc) is 2.94. The molecule has 150 valence electrons. The summed E-state index contributed by atoms with van der Waals surface area (Å²) in [6, 6.07) is 8.59. The Labute approximate surface area is 175 Å². The second kappa shape index (κ2) is 8.42. The Bertz CT molecular complexity index is 1020. The molecule has 3 rings (SSSR count). The Balaban J connectivity index is 1.90. The monoisotopic (exact) mass is 436 g/mol. The molecule has 0 atom stereocenters. The van der Waals surface area contributed by atoms with Crippen LogP contribution in [0.5, 0.6) is 11.5 Å². The van der Waals surface area contributed by atoms with Gasteiger partial charge in [0.05, 0.1) is 17.8 Å². The van der Waals surface area contributed by atoms with Crippen LogP contribution >= 0.6 is 23.2 Å². The van der Waals surface area contributed by atoms with E-state index in [-0.39, 0.29) is 22.2 Å². The van der Waals surface area contributed by atoms with Gasteiger partial charge < -0.3 is 19.9 Å². The summed E-state index contributed by atoms with van der Waals surface area (Å²) in [5.41, 5.74) is 0.840. The average molecular weight is 437 g/mol. The van der Waals surface area contributed by atoms with Crippen molar-refractivity contribution >= 4 is 52.9 Å². The highest BCUT2D eigenvalue weighted by Gasteiger charge is 2.34. The number of carbonyl (C=O) groups excluding carboxylic acids is 2. The van der Waals surface area contributed by atoms with Gasteiger partial charge in [0, 0.05) is 5.02 Å². The van der Waals surface area contributed by atoms with Crippen molar-refractivity contribution in [3.8, 4) is 11.5 Å². The molecule has 1 aliphatic rings. The summed E-state index contributed by atoms with van der Waals surface area (Å²) in [5.74, 6) is -1.49. The fourth-order valence-electron chi connectivity index (χ4n) is 2.62. The van der Waals surface area contributed by atoms with E-state index >= 15 is 0 Å².